The first-order valence-corrected chi connectivity index (χ1v) is 8.98. The van der Waals surface area contributed by atoms with Gasteiger partial charge in [0, 0.05) is 11.6 Å². The molecule has 8 nitrogen and oxygen atoms in total. The van der Waals surface area contributed by atoms with Gasteiger partial charge in [-0.25, -0.2) is 18.7 Å². The molecule has 10 heteroatoms. The van der Waals surface area contributed by atoms with Crippen molar-refractivity contribution >= 4 is 35.6 Å². The number of amides is 3. The molecule has 0 spiro atoms. The van der Waals surface area contributed by atoms with Gasteiger partial charge in [-0.3, -0.25) is 10.1 Å². The molecule has 0 saturated heterocycles. The van der Waals surface area contributed by atoms with Gasteiger partial charge in [-0.15, -0.1) is 0 Å². The van der Waals surface area contributed by atoms with Gasteiger partial charge in [0.15, 0.2) is 6.10 Å². The number of nitrogens with one attached hydrogen (secondary N) is 1. The zero-order valence-electron chi connectivity index (χ0n) is 16.0. The number of nitrogens with two attached hydrogens (primary N) is 1. The number of esters is 1. The standard InChI is InChI=1S/C19H20ClFN4O4/c1-10(2)16(18(27)23-19(22)28)29-15(26)9-8-14-11(3)24-25(17(14)20)13-6-4-12(21)5-7-13/h4-10,16H,1-3H3,(H3,22,23,27,28)/b9-8+. The van der Waals surface area contributed by atoms with Crippen molar-refractivity contribution in [2.75, 3.05) is 0 Å². The van der Waals surface area contributed by atoms with E-state index in [0.29, 0.717) is 16.9 Å². The summed E-state index contributed by atoms with van der Waals surface area (Å²) in [7, 11) is 0. The molecule has 0 bridgehead atoms. The molecule has 29 heavy (non-hydrogen) atoms. The Bertz CT molecular complexity index is 954. The highest BCUT2D eigenvalue weighted by molar-refractivity contribution is 6.31. The summed E-state index contributed by atoms with van der Waals surface area (Å²) in [5.74, 6) is -2.41. The molecule has 0 saturated carbocycles. The van der Waals surface area contributed by atoms with Gasteiger partial charge in [-0.05, 0) is 43.2 Å². The highest BCUT2D eigenvalue weighted by Crippen LogP contribution is 2.25. The second-order valence-corrected chi connectivity index (χ2v) is 6.82. The third-order valence-electron chi connectivity index (χ3n) is 3.86. The Kier molecular flexibility index (Phi) is 7.11. The zero-order chi connectivity index (χ0) is 21.7. The number of aromatic nitrogens is 2. The third kappa shape index (κ3) is 5.64. The SMILES string of the molecule is Cc1nn(-c2ccc(F)cc2)c(Cl)c1/C=C/C(=O)OC(C(=O)NC(N)=O)C(C)C. The summed E-state index contributed by atoms with van der Waals surface area (Å²) in [6.07, 6.45) is 1.30. The van der Waals surface area contributed by atoms with Crippen LogP contribution in [0.15, 0.2) is 30.3 Å². The van der Waals surface area contributed by atoms with E-state index in [1.165, 1.54) is 35.0 Å². The Morgan fingerprint density at radius 3 is 2.45 bits per heavy atom. The van der Waals surface area contributed by atoms with Crippen LogP contribution in [0.5, 0.6) is 0 Å². The van der Waals surface area contributed by atoms with Crippen molar-refractivity contribution in [3.8, 4) is 5.69 Å². The first-order chi connectivity index (χ1) is 13.6. The summed E-state index contributed by atoms with van der Waals surface area (Å²) < 4.78 is 19.6. The Balaban J connectivity index is 2.18. The normalized spacial score (nSPS) is 12.2. The van der Waals surface area contributed by atoms with Crippen molar-refractivity contribution in [3.05, 3.63) is 52.6 Å². The molecule has 154 valence electrons. The van der Waals surface area contributed by atoms with E-state index in [1.807, 2.05) is 5.32 Å². The lowest BCUT2D eigenvalue weighted by Crippen LogP contribution is -2.45. The van der Waals surface area contributed by atoms with Gasteiger partial charge in [0.1, 0.15) is 11.0 Å². The quantitative estimate of drug-likeness (QED) is 0.548. The molecule has 1 aromatic heterocycles. The number of imide groups is 1. The molecule has 0 aliphatic heterocycles. The average Bonchev–Trinajstić information content (AvgIpc) is 2.91. The monoisotopic (exact) mass is 422 g/mol. The van der Waals surface area contributed by atoms with Crippen LogP contribution in [0.25, 0.3) is 11.8 Å². The molecular weight excluding hydrogens is 403 g/mol. The van der Waals surface area contributed by atoms with Crippen LogP contribution in [0, 0.1) is 18.7 Å². The van der Waals surface area contributed by atoms with Gasteiger partial charge in [0.2, 0.25) is 0 Å². The minimum absolute atomic E-state index is 0.213. The molecule has 0 aliphatic carbocycles. The van der Waals surface area contributed by atoms with Gasteiger partial charge in [-0.2, -0.15) is 5.10 Å². The van der Waals surface area contributed by atoms with Crippen molar-refractivity contribution in [3.63, 3.8) is 0 Å². The third-order valence-corrected chi connectivity index (χ3v) is 4.22. The minimum Gasteiger partial charge on any atom is -0.449 e. The maximum absolute atomic E-state index is 13.1. The van der Waals surface area contributed by atoms with Crippen LogP contribution in [0.4, 0.5) is 9.18 Å². The van der Waals surface area contributed by atoms with Crippen LogP contribution in [-0.4, -0.2) is 33.8 Å². The summed E-state index contributed by atoms with van der Waals surface area (Å²) in [5.41, 5.74) is 6.44. The first-order valence-electron chi connectivity index (χ1n) is 8.60. The van der Waals surface area contributed by atoms with E-state index in [4.69, 9.17) is 22.1 Å². The van der Waals surface area contributed by atoms with E-state index in [1.54, 1.807) is 20.8 Å². The summed E-state index contributed by atoms with van der Waals surface area (Å²) in [4.78, 5) is 34.9. The molecule has 0 radical (unpaired) electrons. The predicted octanol–water partition coefficient (Wildman–Crippen LogP) is 2.75. The lowest BCUT2D eigenvalue weighted by atomic mass is 10.1. The van der Waals surface area contributed by atoms with Gasteiger partial charge < -0.3 is 10.5 Å². The number of primary amides is 1. The number of hydrogen-bond acceptors (Lipinski definition) is 5. The van der Waals surface area contributed by atoms with Crippen molar-refractivity contribution < 1.29 is 23.5 Å². The fraction of sp³-hybridized carbons (Fsp3) is 0.263. The Hall–Kier alpha value is -3.20. The number of halogens is 2. The average molecular weight is 423 g/mol. The predicted molar refractivity (Wildman–Crippen MR) is 105 cm³/mol. The zero-order valence-corrected chi connectivity index (χ0v) is 16.7. The summed E-state index contributed by atoms with van der Waals surface area (Å²) in [5, 5.41) is 6.38. The molecule has 1 aromatic carbocycles. The van der Waals surface area contributed by atoms with E-state index in [9.17, 15) is 18.8 Å². The van der Waals surface area contributed by atoms with Crippen molar-refractivity contribution in [1.82, 2.24) is 15.1 Å². The number of carbonyl (C=O) groups excluding carboxylic acids is 3. The second kappa shape index (κ2) is 9.33. The van der Waals surface area contributed by atoms with E-state index in [2.05, 4.69) is 5.10 Å². The topological polar surface area (TPSA) is 116 Å². The van der Waals surface area contributed by atoms with Gasteiger partial charge in [0.25, 0.3) is 5.91 Å². The number of carbonyl (C=O) groups is 3. The van der Waals surface area contributed by atoms with E-state index in [0.717, 1.165) is 6.08 Å². The summed E-state index contributed by atoms with van der Waals surface area (Å²) in [6.45, 7) is 4.99. The number of benzene rings is 1. The van der Waals surface area contributed by atoms with Crippen molar-refractivity contribution in [2.24, 2.45) is 11.7 Å². The van der Waals surface area contributed by atoms with Crippen molar-refractivity contribution in [1.29, 1.82) is 0 Å². The number of nitrogens with zero attached hydrogens (tertiary/aromatic N) is 2. The smallest absolute Gasteiger partial charge is 0.331 e. The number of urea groups is 1. The van der Waals surface area contributed by atoms with E-state index in [-0.39, 0.29) is 5.15 Å². The maximum Gasteiger partial charge on any atom is 0.331 e. The largest absolute Gasteiger partial charge is 0.449 e. The molecule has 1 heterocycles. The Labute approximate surface area is 171 Å². The maximum atomic E-state index is 13.1. The van der Waals surface area contributed by atoms with Gasteiger partial charge in [0.05, 0.1) is 11.4 Å². The van der Waals surface area contributed by atoms with Crippen LogP contribution in [-0.2, 0) is 14.3 Å². The van der Waals surface area contributed by atoms with Crippen LogP contribution in [0.3, 0.4) is 0 Å². The highest BCUT2D eigenvalue weighted by atomic mass is 35.5. The molecule has 0 aliphatic rings. The fourth-order valence-corrected chi connectivity index (χ4v) is 2.79. The molecule has 1 atom stereocenters. The molecule has 0 fully saturated rings. The number of aryl methyl sites for hydroxylation is 1. The van der Waals surface area contributed by atoms with Gasteiger partial charge >= 0.3 is 12.0 Å². The number of ether oxygens (including phenoxy) is 1. The van der Waals surface area contributed by atoms with Crippen LogP contribution in [0.2, 0.25) is 5.15 Å². The lowest BCUT2D eigenvalue weighted by Gasteiger charge is -2.18. The van der Waals surface area contributed by atoms with E-state index >= 15 is 0 Å². The molecule has 2 rings (SSSR count). The molecular formula is C19H20ClFN4O4. The van der Waals surface area contributed by atoms with Crippen LogP contribution >= 0.6 is 11.6 Å². The minimum atomic E-state index is -1.20. The molecule has 3 amide bonds. The van der Waals surface area contributed by atoms with Crippen LogP contribution < -0.4 is 11.1 Å². The summed E-state index contributed by atoms with van der Waals surface area (Å²) >= 11 is 6.34. The second-order valence-electron chi connectivity index (χ2n) is 6.47. The Morgan fingerprint density at radius 1 is 1.28 bits per heavy atom. The summed E-state index contributed by atoms with van der Waals surface area (Å²) in [6, 6.07) is 4.54. The van der Waals surface area contributed by atoms with E-state index < -0.39 is 35.7 Å². The molecule has 2 aromatic rings. The number of rotatable bonds is 6. The van der Waals surface area contributed by atoms with Crippen LogP contribution in [0.1, 0.15) is 25.1 Å². The highest BCUT2D eigenvalue weighted by Gasteiger charge is 2.26. The van der Waals surface area contributed by atoms with Gasteiger partial charge in [-0.1, -0.05) is 25.4 Å². The first kappa shape index (κ1) is 22.1. The number of hydrogen-bond donors (Lipinski definition) is 2. The Morgan fingerprint density at radius 2 is 1.90 bits per heavy atom. The van der Waals surface area contributed by atoms with Crippen molar-refractivity contribution in [2.45, 2.75) is 26.9 Å². The molecule has 1 unspecified atom stereocenters. The lowest BCUT2D eigenvalue weighted by molar-refractivity contribution is -0.153. The molecule has 3 N–H and O–H groups in total. The fourth-order valence-electron chi connectivity index (χ4n) is 2.45.